The lowest BCUT2D eigenvalue weighted by molar-refractivity contribution is -0.140. The average Bonchev–Trinajstić information content (AvgIpc) is 2.89. The van der Waals surface area contributed by atoms with Crippen LogP contribution < -0.4 is 9.62 Å². The second kappa shape index (κ2) is 13.6. The summed E-state index contributed by atoms with van der Waals surface area (Å²) in [5, 5.41) is 2.55. The Morgan fingerprint density at radius 3 is 2.17 bits per heavy atom. The molecular formula is C30H33ClF3N3O4S. The quantitative estimate of drug-likeness (QED) is 0.301. The van der Waals surface area contributed by atoms with Crippen LogP contribution >= 0.6 is 11.6 Å². The average molecular weight is 624 g/mol. The molecule has 0 aliphatic rings. The molecule has 0 aromatic heterocycles. The van der Waals surface area contributed by atoms with Gasteiger partial charge in [-0.25, -0.2) is 8.42 Å². The van der Waals surface area contributed by atoms with Crippen molar-refractivity contribution in [3.63, 3.8) is 0 Å². The Hall–Kier alpha value is -3.57. The van der Waals surface area contributed by atoms with Gasteiger partial charge in [-0.3, -0.25) is 13.9 Å². The number of anilines is 1. The van der Waals surface area contributed by atoms with Crippen LogP contribution in [0.15, 0.2) is 72.8 Å². The van der Waals surface area contributed by atoms with Gasteiger partial charge in [0.05, 0.1) is 22.5 Å². The number of alkyl halides is 3. The first-order valence-electron chi connectivity index (χ1n) is 13.1. The first-order valence-corrected chi connectivity index (χ1v) is 15.3. The van der Waals surface area contributed by atoms with Gasteiger partial charge in [0, 0.05) is 19.0 Å². The van der Waals surface area contributed by atoms with E-state index in [4.69, 9.17) is 11.6 Å². The number of benzene rings is 3. The van der Waals surface area contributed by atoms with Crippen molar-refractivity contribution in [3.8, 4) is 0 Å². The summed E-state index contributed by atoms with van der Waals surface area (Å²) in [7, 11) is -4.30. The van der Waals surface area contributed by atoms with E-state index in [-0.39, 0.29) is 24.0 Å². The topological polar surface area (TPSA) is 86.8 Å². The van der Waals surface area contributed by atoms with Crippen molar-refractivity contribution in [2.45, 2.75) is 52.0 Å². The highest BCUT2D eigenvalue weighted by atomic mass is 35.5. The summed E-state index contributed by atoms with van der Waals surface area (Å²) in [6.45, 7) is 4.44. The summed E-state index contributed by atoms with van der Waals surface area (Å²) in [6.07, 6.45) is -3.89. The molecule has 7 nitrogen and oxygen atoms in total. The molecule has 2 amide bonds. The fourth-order valence-electron chi connectivity index (χ4n) is 4.38. The van der Waals surface area contributed by atoms with E-state index < -0.39 is 51.9 Å². The van der Waals surface area contributed by atoms with Gasteiger partial charge in [-0.15, -0.1) is 0 Å². The number of amides is 2. The number of hydrogen-bond acceptors (Lipinski definition) is 4. The maximum Gasteiger partial charge on any atom is 0.416 e. The van der Waals surface area contributed by atoms with Crippen LogP contribution in [0.25, 0.3) is 0 Å². The number of rotatable bonds is 11. The number of carbonyl (C=O) groups is 2. The highest BCUT2D eigenvalue weighted by Gasteiger charge is 2.36. The minimum atomic E-state index is -4.78. The SMILES string of the molecule is Cc1ccccc1CN(C(=O)CN(c1cc(C(F)(F)F)ccc1Cl)S(C)(=O)=O)C(Cc1ccccc1)C(=O)NC(C)C. The van der Waals surface area contributed by atoms with E-state index in [0.717, 1.165) is 29.5 Å². The molecule has 3 rings (SSSR count). The molecule has 12 heteroatoms. The lowest BCUT2D eigenvalue weighted by atomic mass is 10.0. The molecule has 226 valence electrons. The zero-order valence-corrected chi connectivity index (χ0v) is 25.2. The minimum absolute atomic E-state index is 0.0531. The van der Waals surface area contributed by atoms with Crippen molar-refractivity contribution in [3.05, 3.63) is 100 Å². The molecule has 0 radical (unpaired) electrons. The number of hydrogen-bond donors (Lipinski definition) is 1. The van der Waals surface area contributed by atoms with Gasteiger partial charge in [-0.1, -0.05) is 66.2 Å². The fourth-order valence-corrected chi connectivity index (χ4v) is 5.50. The number of aryl methyl sites for hydroxylation is 1. The Morgan fingerprint density at radius 1 is 0.976 bits per heavy atom. The molecule has 0 saturated carbocycles. The molecule has 0 fully saturated rings. The largest absolute Gasteiger partial charge is 0.416 e. The van der Waals surface area contributed by atoms with E-state index in [0.29, 0.717) is 15.9 Å². The molecule has 1 N–H and O–H groups in total. The highest BCUT2D eigenvalue weighted by Crippen LogP contribution is 2.36. The molecule has 0 heterocycles. The van der Waals surface area contributed by atoms with E-state index in [1.54, 1.807) is 50.2 Å². The van der Waals surface area contributed by atoms with Crippen LogP contribution in [0.4, 0.5) is 18.9 Å². The van der Waals surface area contributed by atoms with Gasteiger partial charge in [0.1, 0.15) is 12.6 Å². The summed E-state index contributed by atoms with van der Waals surface area (Å²) in [5.74, 6) is -1.25. The van der Waals surface area contributed by atoms with Crippen molar-refractivity contribution >= 4 is 39.1 Å². The number of halogens is 4. The number of sulfonamides is 1. The first kappa shape index (κ1) is 32.9. The summed E-state index contributed by atoms with van der Waals surface area (Å²) in [5.41, 5.74) is 0.676. The van der Waals surface area contributed by atoms with Crippen molar-refractivity contribution in [2.24, 2.45) is 0 Å². The first-order chi connectivity index (χ1) is 19.6. The van der Waals surface area contributed by atoms with Crippen molar-refractivity contribution in [2.75, 3.05) is 17.1 Å². The van der Waals surface area contributed by atoms with E-state index in [9.17, 15) is 31.2 Å². The van der Waals surface area contributed by atoms with E-state index in [1.165, 1.54) is 4.90 Å². The molecule has 3 aromatic rings. The van der Waals surface area contributed by atoms with Crippen LogP contribution in [-0.2, 0) is 38.8 Å². The van der Waals surface area contributed by atoms with Crippen LogP contribution in [0.1, 0.15) is 36.1 Å². The predicted molar refractivity (Wildman–Crippen MR) is 158 cm³/mol. The zero-order valence-electron chi connectivity index (χ0n) is 23.7. The van der Waals surface area contributed by atoms with E-state index in [1.807, 2.05) is 25.1 Å². The van der Waals surface area contributed by atoms with Crippen LogP contribution in [0.5, 0.6) is 0 Å². The van der Waals surface area contributed by atoms with Crippen LogP contribution in [0.3, 0.4) is 0 Å². The van der Waals surface area contributed by atoms with Gasteiger partial charge in [-0.2, -0.15) is 13.2 Å². The molecule has 1 atom stereocenters. The molecule has 0 aliphatic heterocycles. The summed E-state index contributed by atoms with van der Waals surface area (Å²) < 4.78 is 66.8. The number of nitrogens with one attached hydrogen (secondary N) is 1. The van der Waals surface area contributed by atoms with Gasteiger partial charge in [-0.05, 0) is 55.7 Å². The van der Waals surface area contributed by atoms with Gasteiger partial charge in [0.2, 0.25) is 21.8 Å². The fraction of sp³-hybridized carbons (Fsp3) is 0.333. The summed E-state index contributed by atoms with van der Waals surface area (Å²) in [6, 6.07) is 17.1. The van der Waals surface area contributed by atoms with E-state index in [2.05, 4.69) is 5.32 Å². The zero-order chi connectivity index (χ0) is 31.2. The smallest absolute Gasteiger partial charge is 0.352 e. The van der Waals surface area contributed by atoms with Gasteiger partial charge < -0.3 is 10.2 Å². The molecular weight excluding hydrogens is 591 g/mol. The van der Waals surface area contributed by atoms with Crippen molar-refractivity contribution in [1.82, 2.24) is 10.2 Å². The molecule has 0 saturated heterocycles. The molecule has 1 unspecified atom stereocenters. The standard InChI is InChI=1S/C30H33ClF3N3O4S/c1-20(2)35-29(39)27(16-22-11-6-5-7-12-22)36(18-23-13-9-8-10-21(23)3)28(38)19-37(42(4,40)41)26-17-24(30(32,33)34)14-15-25(26)31/h5-15,17,20,27H,16,18-19H2,1-4H3,(H,35,39). The maximum atomic E-state index is 14.1. The lowest BCUT2D eigenvalue weighted by Crippen LogP contribution is -2.54. The lowest BCUT2D eigenvalue weighted by Gasteiger charge is -2.34. The maximum absolute atomic E-state index is 14.1. The van der Waals surface area contributed by atoms with Gasteiger partial charge >= 0.3 is 6.18 Å². The monoisotopic (exact) mass is 623 g/mol. The molecule has 0 aliphatic carbocycles. The van der Waals surface area contributed by atoms with Crippen molar-refractivity contribution in [1.29, 1.82) is 0 Å². The Bertz CT molecular complexity index is 1520. The molecule has 0 bridgehead atoms. The molecule has 0 spiro atoms. The van der Waals surface area contributed by atoms with Crippen LogP contribution in [-0.4, -0.2) is 50.0 Å². The Morgan fingerprint density at radius 2 is 1.60 bits per heavy atom. The molecule has 42 heavy (non-hydrogen) atoms. The number of carbonyl (C=O) groups excluding carboxylic acids is 2. The summed E-state index contributed by atoms with van der Waals surface area (Å²) in [4.78, 5) is 28.9. The third-order valence-electron chi connectivity index (χ3n) is 6.53. The minimum Gasteiger partial charge on any atom is -0.352 e. The van der Waals surface area contributed by atoms with Crippen molar-refractivity contribution < 1.29 is 31.2 Å². The predicted octanol–water partition coefficient (Wildman–Crippen LogP) is 5.60. The second-order valence-corrected chi connectivity index (χ2v) is 12.6. The van der Waals surface area contributed by atoms with E-state index >= 15 is 0 Å². The molecule has 3 aromatic carbocycles. The summed E-state index contributed by atoms with van der Waals surface area (Å²) >= 11 is 6.18. The van der Waals surface area contributed by atoms with Gasteiger partial charge in [0.25, 0.3) is 0 Å². The van der Waals surface area contributed by atoms with Crippen LogP contribution in [0.2, 0.25) is 5.02 Å². The Balaban J connectivity index is 2.13. The normalized spacial score (nSPS) is 12.6. The third-order valence-corrected chi connectivity index (χ3v) is 7.97. The third kappa shape index (κ3) is 8.72. The number of nitrogens with zero attached hydrogens (tertiary/aromatic N) is 2. The Kier molecular flexibility index (Phi) is 10.7. The highest BCUT2D eigenvalue weighted by molar-refractivity contribution is 7.92. The second-order valence-electron chi connectivity index (χ2n) is 10.3. The Labute approximate surface area is 249 Å². The van der Waals surface area contributed by atoms with Gasteiger partial charge in [0.15, 0.2) is 0 Å². The van der Waals surface area contributed by atoms with Crippen LogP contribution in [0, 0.1) is 6.92 Å².